The summed E-state index contributed by atoms with van der Waals surface area (Å²) in [5.41, 5.74) is 3.66. The second-order valence-electron chi connectivity index (χ2n) is 11.8. The SMILES string of the molecule is CCCCCCCC[NH+](CCCCCCCC)c1ccc2cc(C=Cc3cc[n+](CCCS(=O)(=O)[O-])cc3)ccc2c1. The molecule has 1 aromatic heterocycles. The Kier molecular flexibility index (Phi) is 15.3. The zero-order chi connectivity index (χ0) is 30.0. The van der Waals surface area contributed by atoms with E-state index in [0.717, 1.165) is 11.1 Å². The Hall–Kier alpha value is -2.54. The van der Waals surface area contributed by atoms with Crippen molar-refractivity contribution in [3.8, 4) is 0 Å². The van der Waals surface area contributed by atoms with Crippen LogP contribution in [0.25, 0.3) is 22.9 Å². The van der Waals surface area contributed by atoms with Crippen molar-refractivity contribution in [1.29, 1.82) is 0 Å². The third-order valence-corrected chi connectivity index (χ3v) is 8.92. The molecule has 6 heteroatoms. The highest BCUT2D eigenvalue weighted by Crippen LogP contribution is 2.21. The predicted molar refractivity (Wildman–Crippen MR) is 176 cm³/mol. The van der Waals surface area contributed by atoms with Crippen molar-refractivity contribution in [2.24, 2.45) is 0 Å². The number of nitrogens with one attached hydrogen (secondary N) is 1. The molecule has 0 fully saturated rings. The Bertz CT molecular complexity index is 1300. The van der Waals surface area contributed by atoms with Gasteiger partial charge in [-0.1, -0.05) is 89.5 Å². The molecule has 0 aliphatic heterocycles. The topological polar surface area (TPSA) is 65.5 Å². The first-order chi connectivity index (χ1) is 20.4. The minimum Gasteiger partial charge on any atom is -0.748 e. The zero-order valence-electron chi connectivity index (χ0n) is 26.0. The van der Waals surface area contributed by atoms with Crippen LogP contribution in [0.3, 0.4) is 0 Å². The highest BCUT2D eigenvalue weighted by atomic mass is 32.2. The number of aryl methyl sites for hydroxylation is 1. The van der Waals surface area contributed by atoms with E-state index in [4.69, 9.17) is 0 Å². The lowest BCUT2D eigenvalue weighted by molar-refractivity contribution is -0.833. The molecular formula is C36H53N2O3S+. The second-order valence-corrected chi connectivity index (χ2v) is 13.3. The maximum absolute atomic E-state index is 10.8. The Morgan fingerprint density at radius 1 is 0.667 bits per heavy atom. The number of hydrogen-bond acceptors (Lipinski definition) is 3. The fourth-order valence-corrected chi connectivity index (χ4v) is 6.07. The van der Waals surface area contributed by atoms with E-state index in [-0.39, 0.29) is 5.75 Å². The maximum Gasteiger partial charge on any atom is 0.169 e. The summed E-state index contributed by atoms with van der Waals surface area (Å²) in [4.78, 5) is 1.64. The standard InChI is InChI=1S/C36H52N2O3S/c1-3-5-7-9-11-13-25-38(26-14-12-10-8-6-4-2)36-21-20-34-30-33(18-19-35(34)31-36)17-16-32-22-27-37(28-23-32)24-15-29-42(39,40)41/h16-23,27-28,30-31H,3-15,24-26,29H2,1-2H3/p+1. The van der Waals surface area contributed by atoms with Gasteiger partial charge in [-0.05, 0) is 65.8 Å². The van der Waals surface area contributed by atoms with Gasteiger partial charge in [-0.25, -0.2) is 13.0 Å². The van der Waals surface area contributed by atoms with E-state index < -0.39 is 10.1 Å². The van der Waals surface area contributed by atoms with Crippen molar-refractivity contribution in [3.63, 3.8) is 0 Å². The molecule has 1 heterocycles. The first kappa shape index (κ1) is 34.0. The maximum atomic E-state index is 10.8. The van der Waals surface area contributed by atoms with Gasteiger partial charge in [0.25, 0.3) is 0 Å². The van der Waals surface area contributed by atoms with Gasteiger partial charge in [0, 0.05) is 30.4 Å². The van der Waals surface area contributed by atoms with Gasteiger partial charge >= 0.3 is 0 Å². The summed E-state index contributed by atoms with van der Waals surface area (Å²) >= 11 is 0. The molecular weight excluding hydrogens is 540 g/mol. The Morgan fingerprint density at radius 3 is 1.83 bits per heavy atom. The van der Waals surface area contributed by atoms with E-state index in [1.165, 1.54) is 107 Å². The fraction of sp³-hybridized carbons (Fsp3) is 0.528. The van der Waals surface area contributed by atoms with Crippen molar-refractivity contribution in [2.75, 3.05) is 18.8 Å². The number of nitrogens with zero attached hydrogens (tertiary/aromatic N) is 1. The number of fused-ring (bicyclic) bond motifs is 1. The fourth-order valence-electron chi connectivity index (χ4n) is 5.58. The van der Waals surface area contributed by atoms with Gasteiger partial charge in [0.15, 0.2) is 12.4 Å². The highest BCUT2D eigenvalue weighted by Gasteiger charge is 2.13. The van der Waals surface area contributed by atoms with Crippen LogP contribution in [-0.4, -0.2) is 31.8 Å². The smallest absolute Gasteiger partial charge is 0.169 e. The average Bonchev–Trinajstić information content (AvgIpc) is 2.98. The Morgan fingerprint density at radius 2 is 1.21 bits per heavy atom. The number of aromatic nitrogens is 1. The lowest BCUT2D eigenvalue weighted by atomic mass is 10.0. The predicted octanol–water partition coefficient (Wildman–Crippen LogP) is 7.47. The number of hydrogen-bond donors (Lipinski definition) is 1. The average molecular weight is 594 g/mol. The third kappa shape index (κ3) is 13.2. The highest BCUT2D eigenvalue weighted by molar-refractivity contribution is 7.85. The molecule has 0 aliphatic rings. The van der Waals surface area contributed by atoms with Gasteiger partial charge in [-0.2, -0.15) is 0 Å². The molecule has 0 amide bonds. The van der Waals surface area contributed by atoms with Crippen LogP contribution in [0.5, 0.6) is 0 Å². The molecule has 1 N–H and O–H groups in total. The van der Waals surface area contributed by atoms with Crippen molar-refractivity contribution in [3.05, 3.63) is 72.1 Å². The van der Waals surface area contributed by atoms with Crippen LogP contribution in [0.1, 0.15) is 108 Å². The quantitative estimate of drug-likeness (QED) is 0.0792. The summed E-state index contributed by atoms with van der Waals surface area (Å²) in [5, 5.41) is 2.56. The van der Waals surface area contributed by atoms with Crippen LogP contribution >= 0.6 is 0 Å². The monoisotopic (exact) mass is 593 g/mol. The lowest BCUT2D eigenvalue weighted by Crippen LogP contribution is -3.07. The van der Waals surface area contributed by atoms with Crippen LogP contribution in [0.4, 0.5) is 5.69 Å². The zero-order valence-corrected chi connectivity index (χ0v) is 26.8. The molecule has 2 aromatic carbocycles. The number of pyridine rings is 1. The van der Waals surface area contributed by atoms with E-state index in [2.05, 4.69) is 62.4 Å². The molecule has 3 aromatic rings. The minimum atomic E-state index is -4.16. The summed E-state index contributed by atoms with van der Waals surface area (Å²) in [6.07, 6.45) is 24.5. The van der Waals surface area contributed by atoms with Gasteiger partial charge < -0.3 is 9.45 Å². The number of rotatable bonds is 21. The van der Waals surface area contributed by atoms with Crippen LogP contribution in [-0.2, 0) is 16.7 Å². The van der Waals surface area contributed by atoms with E-state index in [1.807, 2.05) is 29.1 Å². The van der Waals surface area contributed by atoms with Crippen molar-refractivity contribution in [1.82, 2.24) is 0 Å². The lowest BCUT2D eigenvalue weighted by Gasteiger charge is -2.20. The van der Waals surface area contributed by atoms with Crippen molar-refractivity contribution < 1.29 is 22.4 Å². The molecule has 0 radical (unpaired) electrons. The number of benzene rings is 2. The van der Waals surface area contributed by atoms with Crippen LogP contribution in [0.2, 0.25) is 0 Å². The molecule has 0 spiro atoms. The molecule has 3 rings (SSSR count). The first-order valence-corrected chi connectivity index (χ1v) is 18.0. The molecule has 230 valence electrons. The molecule has 0 aliphatic carbocycles. The van der Waals surface area contributed by atoms with Crippen LogP contribution < -0.4 is 9.47 Å². The Balaban J connectivity index is 1.60. The van der Waals surface area contributed by atoms with Gasteiger partial charge in [0.05, 0.1) is 23.2 Å². The largest absolute Gasteiger partial charge is 0.748 e. The van der Waals surface area contributed by atoms with E-state index >= 15 is 0 Å². The third-order valence-electron chi connectivity index (χ3n) is 8.13. The summed E-state index contributed by atoms with van der Waals surface area (Å²) in [5.74, 6) is -0.331. The van der Waals surface area contributed by atoms with Crippen LogP contribution in [0, 0.1) is 0 Å². The normalized spacial score (nSPS) is 12.2. The molecule has 0 atom stereocenters. The summed E-state index contributed by atoms with van der Waals surface area (Å²) < 4.78 is 34.3. The molecule has 0 bridgehead atoms. The number of unbranched alkanes of at least 4 members (excludes halogenated alkanes) is 10. The molecule has 5 nitrogen and oxygen atoms in total. The van der Waals surface area contributed by atoms with Gasteiger partial charge in [0.2, 0.25) is 0 Å². The molecule has 0 unspecified atom stereocenters. The number of quaternary nitrogens is 1. The van der Waals surface area contributed by atoms with Gasteiger partial charge in [0.1, 0.15) is 12.2 Å². The van der Waals surface area contributed by atoms with Crippen LogP contribution in [0.15, 0.2) is 60.9 Å². The molecule has 0 saturated heterocycles. The van der Waals surface area contributed by atoms with Crippen molar-refractivity contribution in [2.45, 2.75) is 104 Å². The van der Waals surface area contributed by atoms with E-state index in [1.54, 1.807) is 4.90 Å². The molecule has 0 saturated carbocycles. The minimum absolute atomic E-state index is 0.321. The van der Waals surface area contributed by atoms with Gasteiger partial charge in [-0.15, -0.1) is 0 Å². The molecule has 42 heavy (non-hydrogen) atoms. The van der Waals surface area contributed by atoms with E-state index in [0.29, 0.717) is 13.0 Å². The second kappa shape index (κ2) is 18.9. The van der Waals surface area contributed by atoms with Crippen molar-refractivity contribution >= 4 is 38.7 Å². The van der Waals surface area contributed by atoms with E-state index in [9.17, 15) is 13.0 Å². The summed E-state index contributed by atoms with van der Waals surface area (Å²) in [7, 11) is -4.16. The first-order valence-electron chi connectivity index (χ1n) is 16.4. The van der Waals surface area contributed by atoms with Gasteiger partial charge in [-0.3, -0.25) is 0 Å². The Labute approximate surface area is 255 Å². The summed E-state index contributed by atoms with van der Waals surface area (Å²) in [6, 6.07) is 17.7. The summed E-state index contributed by atoms with van der Waals surface area (Å²) in [6.45, 7) is 7.52.